The van der Waals surface area contributed by atoms with Crippen LogP contribution in [-0.4, -0.2) is 17.2 Å². The Labute approximate surface area is 111 Å². The van der Waals surface area contributed by atoms with Crippen molar-refractivity contribution < 1.29 is 14.3 Å². The van der Waals surface area contributed by atoms with Gasteiger partial charge in [-0.25, -0.2) is 9.18 Å². The highest BCUT2D eigenvalue weighted by molar-refractivity contribution is 5.71. The van der Waals surface area contributed by atoms with Crippen LogP contribution in [0, 0.1) is 0 Å². The fourth-order valence-corrected chi connectivity index (χ4v) is 2.11. The molecule has 0 saturated carbocycles. The highest BCUT2D eigenvalue weighted by Gasteiger charge is 2.13. The normalized spacial score (nSPS) is 12.6. The summed E-state index contributed by atoms with van der Waals surface area (Å²) in [5.74, 6) is -1.32. The van der Waals surface area contributed by atoms with Crippen molar-refractivity contribution in [1.29, 1.82) is 0 Å². The third-order valence-electron chi connectivity index (χ3n) is 3.33. The number of unbranched alkanes of at least 4 members (excludes halogenated alkanes) is 10. The third-order valence-corrected chi connectivity index (χ3v) is 3.33. The standard InChI is InChI=1S/C15H29FO2/c1-2-3-4-5-6-7-8-9-10-11-12-13-14(16)15(17)18/h14H,2-13H2,1H3,(H,17,18). The number of rotatable bonds is 13. The molecule has 0 bridgehead atoms. The summed E-state index contributed by atoms with van der Waals surface area (Å²) < 4.78 is 12.7. The molecule has 0 aliphatic heterocycles. The number of carboxylic acids is 1. The van der Waals surface area contributed by atoms with E-state index in [-0.39, 0.29) is 6.42 Å². The zero-order valence-corrected chi connectivity index (χ0v) is 11.8. The average Bonchev–Trinajstić information content (AvgIpc) is 2.35. The first-order valence-corrected chi connectivity index (χ1v) is 7.55. The molecule has 0 aromatic heterocycles. The fourth-order valence-electron chi connectivity index (χ4n) is 2.11. The van der Waals surface area contributed by atoms with Gasteiger partial charge >= 0.3 is 5.97 Å². The van der Waals surface area contributed by atoms with Crippen LogP contribution in [0.25, 0.3) is 0 Å². The summed E-state index contributed by atoms with van der Waals surface area (Å²) in [4.78, 5) is 10.2. The van der Waals surface area contributed by atoms with Crippen LogP contribution >= 0.6 is 0 Å². The number of halogens is 1. The van der Waals surface area contributed by atoms with Crippen molar-refractivity contribution in [2.24, 2.45) is 0 Å². The van der Waals surface area contributed by atoms with Crippen LogP contribution in [0.2, 0.25) is 0 Å². The largest absolute Gasteiger partial charge is 0.479 e. The van der Waals surface area contributed by atoms with Crippen molar-refractivity contribution in [3.63, 3.8) is 0 Å². The molecule has 2 nitrogen and oxygen atoms in total. The Bertz CT molecular complexity index is 195. The predicted molar refractivity (Wildman–Crippen MR) is 73.6 cm³/mol. The second-order valence-electron chi connectivity index (χ2n) is 5.13. The summed E-state index contributed by atoms with van der Waals surface area (Å²) in [6.07, 6.45) is 11.8. The van der Waals surface area contributed by atoms with Crippen LogP contribution < -0.4 is 0 Å². The van der Waals surface area contributed by atoms with Gasteiger partial charge < -0.3 is 5.11 Å². The lowest BCUT2D eigenvalue weighted by molar-refractivity contribution is -0.143. The minimum absolute atomic E-state index is 0.173. The number of carbonyl (C=O) groups is 1. The van der Waals surface area contributed by atoms with Crippen LogP contribution in [0.3, 0.4) is 0 Å². The quantitative estimate of drug-likeness (QED) is 0.467. The van der Waals surface area contributed by atoms with E-state index in [1.54, 1.807) is 0 Å². The summed E-state index contributed by atoms with van der Waals surface area (Å²) in [5.41, 5.74) is 0. The summed E-state index contributed by atoms with van der Waals surface area (Å²) in [6.45, 7) is 2.23. The zero-order chi connectivity index (χ0) is 13.6. The first-order valence-electron chi connectivity index (χ1n) is 7.55. The van der Waals surface area contributed by atoms with Gasteiger partial charge in [0.15, 0.2) is 6.17 Å². The molecule has 108 valence electrons. The number of carboxylic acid groups (broad SMARTS) is 1. The minimum atomic E-state index is -1.66. The topological polar surface area (TPSA) is 37.3 Å². The summed E-state index contributed by atoms with van der Waals surface area (Å²) in [7, 11) is 0. The molecular weight excluding hydrogens is 231 g/mol. The van der Waals surface area contributed by atoms with E-state index >= 15 is 0 Å². The molecule has 0 aliphatic rings. The van der Waals surface area contributed by atoms with Crippen LogP contribution in [0.4, 0.5) is 4.39 Å². The van der Waals surface area contributed by atoms with E-state index in [2.05, 4.69) is 6.92 Å². The van der Waals surface area contributed by atoms with Crippen LogP contribution in [-0.2, 0) is 4.79 Å². The Morgan fingerprint density at radius 3 is 1.67 bits per heavy atom. The van der Waals surface area contributed by atoms with E-state index < -0.39 is 12.1 Å². The molecule has 1 unspecified atom stereocenters. The molecule has 0 spiro atoms. The van der Waals surface area contributed by atoms with Gasteiger partial charge in [0.05, 0.1) is 0 Å². The molecule has 0 rings (SSSR count). The SMILES string of the molecule is CCCCCCCCCCCCCC(F)C(=O)O. The van der Waals surface area contributed by atoms with Crippen molar-refractivity contribution in [3.05, 3.63) is 0 Å². The second kappa shape index (κ2) is 12.8. The molecule has 18 heavy (non-hydrogen) atoms. The molecule has 0 aliphatic carbocycles. The van der Waals surface area contributed by atoms with E-state index in [0.717, 1.165) is 12.8 Å². The molecule has 0 radical (unpaired) electrons. The molecule has 0 amide bonds. The number of hydrogen-bond acceptors (Lipinski definition) is 1. The van der Waals surface area contributed by atoms with Crippen LogP contribution in [0.5, 0.6) is 0 Å². The van der Waals surface area contributed by atoms with Crippen molar-refractivity contribution in [1.82, 2.24) is 0 Å². The molecule has 0 aromatic rings. The van der Waals surface area contributed by atoms with Crippen molar-refractivity contribution in [2.75, 3.05) is 0 Å². The van der Waals surface area contributed by atoms with E-state index in [4.69, 9.17) is 5.11 Å². The van der Waals surface area contributed by atoms with Gasteiger partial charge in [-0.3, -0.25) is 0 Å². The smallest absolute Gasteiger partial charge is 0.338 e. The van der Waals surface area contributed by atoms with Gasteiger partial charge in [0.25, 0.3) is 0 Å². The fraction of sp³-hybridized carbons (Fsp3) is 0.933. The predicted octanol–water partition coefficient (Wildman–Crippen LogP) is 5.11. The highest BCUT2D eigenvalue weighted by Crippen LogP contribution is 2.13. The molecule has 1 atom stereocenters. The third kappa shape index (κ3) is 11.9. The maximum absolute atomic E-state index is 12.7. The van der Waals surface area contributed by atoms with Crippen molar-refractivity contribution in [2.45, 2.75) is 90.1 Å². The van der Waals surface area contributed by atoms with E-state index in [9.17, 15) is 9.18 Å². The Morgan fingerprint density at radius 1 is 0.889 bits per heavy atom. The zero-order valence-electron chi connectivity index (χ0n) is 11.8. The van der Waals surface area contributed by atoms with Gasteiger partial charge in [-0.15, -0.1) is 0 Å². The lowest BCUT2D eigenvalue weighted by atomic mass is 10.0. The first-order chi connectivity index (χ1) is 8.68. The van der Waals surface area contributed by atoms with E-state index in [0.29, 0.717) is 6.42 Å². The van der Waals surface area contributed by atoms with Gasteiger partial charge in [0.2, 0.25) is 0 Å². The van der Waals surface area contributed by atoms with Gasteiger partial charge in [0.1, 0.15) is 0 Å². The van der Waals surface area contributed by atoms with Crippen molar-refractivity contribution in [3.8, 4) is 0 Å². The summed E-state index contributed by atoms with van der Waals surface area (Å²) in [5, 5.41) is 8.37. The van der Waals surface area contributed by atoms with Crippen LogP contribution in [0.1, 0.15) is 84.0 Å². The monoisotopic (exact) mass is 260 g/mol. The first kappa shape index (κ1) is 17.4. The lowest BCUT2D eigenvalue weighted by Crippen LogP contribution is -2.13. The lowest BCUT2D eigenvalue weighted by Gasteiger charge is -2.03. The summed E-state index contributed by atoms with van der Waals surface area (Å²) in [6, 6.07) is 0. The minimum Gasteiger partial charge on any atom is -0.479 e. The second-order valence-corrected chi connectivity index (χ2v) is 5.13. The van der Waals surface area contributed by atoms with Gasteiger partial charge in [0, 0.05) is 0 Å². The number of aliphatic carboxylic acids is 1. The molecule has 1 N–H and O–H groups in total. The Balaban J connectivity index is 3.05. The Hall–Kier alpha value is -0.600. The molecule has 3 heteroatoms. The summed E-state index contributed by atoms with van der Waals surface area (Å²) >= 11 is 0. The number of hydrogen-bond donors (Lipinski definition) is 1. The van der Waals surface area contributed by atoms with Gasteiger partial charge in [-0.2, -0.15) is 0 Å². The number of alkyl halides is 1. The van der Waals surface area contributed by atoms with Gasteiger partial charge in [-0.1, -0.05) is 71.1 Å². The molecule has 0 aromatic carbocycles. The highest BCUT2D eigenvalue weighted by atomic mass is 19.1. The van der Waals surface area contributed by atoms with Gasteiger partial charge in [-0.05, 0) is 12.8 Å². The van der Waals surface area contributed by atoms with Crippen molar-refractivity contribution >= 4 is 5.97 Å². The van der Waals surface area contributed by atoms with E-state index in [1.165, 1.54) is 51.4 Å². The maximum atomic E-state index is 12.7. The average molecular weight is 260 g/mol. The Morgan fingerprint density at radius 2 is 1.28 bits per heavy atom. The molecule has 0 saturated heterocycles. The molecule has 0 heterocycles. The van der Waals surface area contributed by atoms with Crippen LogP contribution in [0.15, 0.2) is 0 Å². The molecule has 0 fully saturated rings. The maximum Gasteiger partial charge on any atom is 0.338 e. The molecular formula is C15H29FO2. The van der Waals surface area contributed by atoms with E-state index in [1.807, 2.05) is 0 Å². The Kier molecular flexibility index (Phi) is 12.4.